The molecule has 2 aromatic rings. The first-order chi connectivity index (χ1) is 9.71. The van der Waals surface area contributed by atoms with Gasteiger partial charge in [-0.05, 0) is 36.4 Å². The van der Waals surface area contributed by atoms with Crippen LogP contribution in [-0.4, -0.2) is 18.2 Å². The van der Waals surface area contributed by atoms with Gasteiger partial charge in [-0.25, -0.2) is 4.79 Å². The van der Waals surface area contributed by atoms with Crippen molar-refractivity contribution >= 4 is 17.4 Å². The lowest BCUT2D eigenvalue weighted by atomic mass is 10.2. The molecule has 0 saturated heterocycles. The Hall–Kier alpha value is -2.47. The molecule has 0 aliphatic heterocycles. The van der Waals surface area contributed by atoms with Gasteiger partial charge in [0.1, 0.15) is 18.1 Å². The van der Waals surface area contributed by atoms with E-state index in [-0.39, 0.29) is 12.6 Å². The number of rotatable bonds is 5. The number of hydrogen-bond acceptors (Lipinski definition) is 4. The summed E-state index contributed by atoms with van der Waals surface area (Å²) < 4.78 is 5.37. The third-order valence-electron chi connectivity index (χ3n) is 2.71. The maximum Gasteiger partial charge on any atom is 0.318 e. The molecule has 4 N–H and O–H groups in total. The molecule has 6 heteroatoms. The predicted octanol–water partition coefficient (Wildman–Crippen LogP) is 2.14. The van der Waals surface area contributed by atoms with E-state index in [0.29, 0.717) is 12.3 Å². The van der Waals surface area contributed by atoms with Crippen LogP contribution in [0.4, 0.5) is 16.2 Å². The molecular formula is C14H17N3O3. The van der Waals surface area contributed by atoms with Crippen molar-refractivity contribution < 1.29 is 14.3 Å². The van der Waals surface area contributed by atoms with Crippen LogP contribution in [0, 0.1) is 0 Å². The molecule has 1 aromatic carbocycles. The van der Waals surface area contributed by atoms with Crippen molar-refractivity contribution in [1.82, 2.24) is 5.32 Å². The molecule has 0 unspecified atom stereocenters. The summed E-state index contributed by atoms with van der Waals surface area (Å²) in [4.78, 5) is 11.1. The second-order valence-electron chi connectivity index (χ2n) is 4.16. The minimum Gasteiger partial charge on any atom is -0.462 e. The van der Waals surface area contributed by atoms with Crippen LogP contribution in [-0.2, 0) is 13.2 Å². The van der Waals surface area contributed by atoms with Crippen molar-refractivity contribution in [2.24, 2.45) is 0 Å². The van der Waals surface area contributed by atoms with Gasteiger partial charge in [0.25, 0.3) is 0 Å². The third kappa shape index (κ3) is 3.76. The fraction of sp³-hybridized carbons (Fsp3) is 0.214. The topological polar surface area (TPSA) is 86.5 Å². The minimum atomic E-state index is -0.252. The standard InChI is InChI=1S/C14H17N3O3/c1-15-14(19)17-11-4-2-10(3-5-11)16-8-12-6-7-13(9-18)20-12/h2-7,16,18H,8-9H2,1H3,(H2,15,17,19). The molecule has 0 saturated carbocycles. The number of carbonyl (C=O) groups excluding carboxylic acids is 1. The van der Waals surface area contributed by atoms with Gasteiger partial charge in [0.15, 0.2) is 0 Å². The van der Waals surface area contributed by atoms with E-state index in [0.717, 1.165) is 17.1 Å². The lowest BCUT2D eigenvalue weighted by molar-refractivity contribution is 0.244. The van der Waals surface area contributed by atoms with Crippen LogP contribution < -0.4 is 16.0 Å². The second kappa shape index (κ2) is 6.63. The number of hydrogen-bond donors (Lipinski definition) is 4. The van der Waals surface area contributed by atoms with E-state index in [1.807, 2.05) is 18.2 Å². The van der Waals surface area contributed by atoms with Crippen molar-refractivity contribution in [3.05, 3.63) is 47.9 Å². The molecule has 6 nitrogen and oxygen atoms in total. The molecule has 106 valence electrons. The highest BCUT2D eigenvalue weighted by Gasteiger charge is 2.02. The zero-order valence-corrected chi connectivity index (χ0v) is 11.1. The maximum absolute atomic E-state index is 11.1. The summed E-state index contributed by atoms with van der Waals surface area (Å²) in [6, 6.07) is 10.6. The molecule has 0 spiro atoms. The lowest BCUT2D eigenvalue weighted by Gasteiger charge is -2.07. The Kier molecular flexibility index (Phi) is 4.62. The molecule has 0 fully saturated rings. The van der Waals surface area contributed by atoms with Crippen LogP contribution >= 0.6 is 0 Å². The summed E-state index contributed by atoms with van der Waals surface area (Å²) in [5.74, 6) is 1.30. The Labute approximate surface area is 116 Å². The van der Waals surface area contributed by atoms with Crippen molar-refractivity contribution in [3.8, 4) is 0 Å². The van der Waals surface area contributed by atoms with E-state index >= 15 is 0 Å². The zero-order valence-electron chi connectivity index (χ0n) is 11.1. The zero-order chi connectivity index (χ0) is 14.4. The fourth-order valence-corrected chi connectivity index (χ4v) is 1.66. The van der Waals surface area contributed by atoms with Gasteiger partial charge in [-0.15, -0.1) is 0 Å². The molecule has 1 heterocycles. The molecular weight excluding hydrogens is 258 g/mol. The summed E-state index contributed by atoms with van der Waals surface area (Å²) >= 11 is 0. The highest BCUT2D eigenvalue weighted by atomic mass is 16.4. The molecule has 0 aliphatic rings. The first-order valence-corrected chi connectivity index (χ1v) is 6.22. The maximum atomic E-state index is 11.1. The van der Waals surface area contributed by atoms with Crippen molar-refractivity contribution in [1.29, 1.82) is 0 Å². The highest BCUT2D eigenvalue weighted by molar-refractivity contribution is 5.89. The summed E-state index contributed by atoms with van der Waals surface area (Å²) in [6.45, 7) is 0.433. The molecule has 2 rings (SSSR count). The summed E-state index contributed by atoms with van der Waals surface area (Å²) in [7, 11) is 1.56. The number of carbonyl (C=O) groups is 1. The third-order valence-corrected chi connectivity index (χ3v) is 2.71. The Morgan fingerprint density at radius 3 is 2.35 bits per heavy atom. The molecule has 0 atom stereocenters. The van der Waals surface area contributed by atoms with Crippen LogP contribution in [0.3, 0.4) is 0 Å². The number of urea groups is 1. The molecule has 0 bridgehead atoms. The SMILES string of the molecule is CNC(=O)Nc1ccc(NCc2ccc(CO)o2)cc1. The normalized spacial score (nSPS) is 10.1. The molecule has 20 heavy (non-hydrogen) atoms. The quantitative estimate of drug-likeness (QED) is 0.673. The number of anilines is 2. The number of amides is 2. The summed E-state index contributed by atoms with van der Waals surface area (Å²) in [5, 5.41) is 17.3. The van der Waals surface area contributed by atoms with E-state index in [4.69, 9.17) is 9.52 Å². The van der Waals surface area contributed by atoms with Crippen LogP contribution in [0.25, 0.3) is 0 Å². The van der Waals surface area contributed by atoms with Gasteiger partial charge in [0.2, 0.25) is 0 Å². The monoisotopic (exact) mass is 275 g/mol. The van der Waals surface area contributed by atoms with Crippen molar-refractivity contribution in [2.75, 3.05) is 17.7 Å². The molecule has 2 amide bonds. The number of furan rings is 1. The first kappa shape index (κ1) is 14.0. The fourth-order valence-electron chi connectivity index (χ4n) is 1.66. The van der Waals surface area contributed by atoms with E-state index in [2.05, 4.69) is 16.0 Å². The van der Waals surface area contributed by atoms with E-state index < -0.39 is 0 Å². The number of aliphatic hydroxyl groups is 1. The summed E-state index contributed by atoms with van der Waals surface area (Å²) in [5.41, 5.74) is 1.63. The largest absolute Gasteiger partial charge is 0.462 e. The highest BCUT2D eigenvalue weighted by Crippen LogP contribution is 2.15. The van der Waals surface area contributed by atoms with Gasteiger partial charge < -0.3 is 25.5 Å². The first-order valence-electron chi connectivity index (χ1n) is 6.22. The van der Waals surface area contributed by atoms with Crippen molar-refractivity contribution in [2.45, 2.75) is 13.2 Å². The van der Waals surface area contributed by atoms with Gasteiger partial charge >= 0.3 is 6.03 Å². The smallest absolute Gasteiger partial charge is 0.318 e. The Morgan fingerprint density at radius 2 is 1.75 bits per heavy atom. The average molecular weight is 275 g/mol. The predicted molar refractivity (Wildman–Crippen MR) is 76.5 cm³/mol. The Morgan fingerprint density at radius 1 is 1.10 bits per heavy atom. The lowest BCUT2D eigenvalue weighted by Crippen LogP contribution is -2.24. The van der Waals surface area contributed by atoms with Gasteiger partial charge in [-0.2, -0.15) is 0 Å². The van der Waals surface area contributed by atoms with E-state index in [9.17, 15) is 4.79 Å². The second-order valence-corrected chi connectivity index (χ2v) is 4.16. The van der Waals surface area contributed by atoms with Crippen molar-refractivity contribution in [3.63, 3.8) is 0 Å². The minimum absolute atomic E-state index is 0.0974. The van der Waals surface area contributed by atoms with Gasteiger partial charge in [-0.1, -0.05) is 0 Å². The van der Waals surface area contributed by atoms with Crippen LogP contribution in [0.15, 0.2) is 40.8 Å². The Balaban J connectivity index is 1.88. The molecule has 0 radical (unpaired) electrons. The van der Waals surface area contributed by atoms with Gasteiger partial charge in [0, 0.05) is 18.4 Å². The molecule has 1 aromatic heterocycles. The summed E-state index contributed by atoms with van der Waals surface area (Å²) in [6.07, 6.45) is 0. The average Bonchev–Trinajstić information content (AvgIpc) is 2.94. The Bertz CT molecular complexity index is 563. The number of benzene rings is 1. The van der Waals surface area contributed by atoms with Gasteiger partial charge in [-0.3, -0.25) is 0 Å². The van der Waals surface area contributed by atoms with E-state index in [1.54, 1.807) is 25.2 Å². The molecule has 0 aliphatic carbocycles. The van der Waals surface area contributed by atoms with Crippen LogP contribution in [0.1, 0.15) is 11.5 Å². The number of nitrogens with one attached hydrogen (secondary N) is 3. The van der Waals surface area contributed by atoms with Gasteiger partial charge in [0.05, 0.1) is 6.54 Å². The van der Waals surface area contributed by atoms with Crippen LogP contribution in [0.2, 0.25) is 0 Å². The van der Waals surface area contributed by atoms with E-state index in [1.165, 1.54) is 0 Å². The number of aliphatic hydroxyl groups excluding tert-OH is 1. The van der Waals surface area contributed by atoms with Crippen LogP contribution in [0.5, 0.6) is 0 Å².